The van der Waals surface area contributed by atoms with E-state index >= 15 is 0 Å². The molecule has 2 aromatic rings. The van der Waals surface area contributed by atoms with Crippen molar-refractivity contribution in [3.05, 3.63) is 52.2 Å². The van der Waals surface area contributed by atoms with Gasteiger partial charge in [-0.05, 0) is 38.3 Å². The van der Waals surface area contributed by atoms with E-state index in [2.05, 4.69) is 5.32 Å². The molecule has 1 heterocycles. The lowest BCUT2D eigenvalue weighted by molar-refractivity contribution is 0.0939. The van der Waals surface area contributed by atoms with Gasteiger partial charge in [0, 0.05) is 10.9 Å². The molecule has 106 valence electrons. The van der Waals surface area contributed by atoms with Crippen LogP contribution in [0.4, 0.5) is 0 Å². The Bertz CT molecular complexity index is 564. The Morgan fingerprint density at radius 3 is 2.60 bits per heavy atom. The zero-order chi connectivity index (χ0) is 14.5. The number of hydrogen-bond donors (Lipinski definition) is 1. The molecule has 0 aliphatic rings. The molecule has 0 bridgehead atoms. The summed E-state index contributed by atoms with van der Waals surface area (Å²) >= 11 is 1.52. The van der Waals surface area contributed by atoms with Crippen molar-refractivity contribution in [2.45, 2.75) is 32.9 Å². The van der Waals surface area contributed by atoms with Crippen LogP contribution in [0, 0.1) is 0 Å². The summed E-state index contributed by atoms with van der Waals surface area (Å²) in [5.74, 6) is 0.763. The second-order valence-electron chi connectivity index (χ2n) is 4.91. The number of rotatable bonds is 5. The minimum atomic E-state index is -0.0997. The maximum Gasteiger partial charge on any atom is 0.252 e. The van der Waals surface area contributed by atoms with Gasteiger partial charge in [-0.1, -0.05) is 18.2 Å². The van der Waals surface area contributed by atoms with Crippen molar-refractivity contribution >= 4 is 17.2 Å². The van der Waals surface area contributed by atoms with Crippen molar-refractivity contribution in [1.82, 2.24) is 5.32 Å². The largest absolute Gasteiger partial charge is 0.491 e. The lowest BCUT2D eigenvalue weighted by Gasteiger charge is -2.19. The summed E-state index contributed by atoms with van der Waals surface area (Å²) in [4.78, 5) is 12.1. The predicted molar refractivity (Wildman–Crippen MR) is 82.4 cm³/mol. The first-order valence-corrected chi connectivity index (χ1v) is 7.61. The van der Waals surface area contributed by atoms with E-state index in [1.165, 1.54) is 11.3 Å². The van der Waals surface area contributed by atoms with E-state index in [4.69, 9.17) is 4.74 Å². The van der Waals surface area contributed by atoms with Crippen molar-refractivity contribution in [2.24, 2.45) is 0 Å². The molecule has 0 aliphatic heterocycles. The van der Waals surface area contributed by atoms with Crippen LogP contribution in [0.3, 0.4) is 0 Å². The third kappa shape index (κ3) is 3.61. The van der Waals surface area contributed by atoms with Gasteiger partial charge in [0.25, 0.3) is 5.91 Å². The highest BCUT2D eigenvalue weighted by molar-refractivity contribution is 7.08. The second-order valence-corrected chi connectivity index (χ2v) is 5.69. The van der Waals surface area contributed by atoms with Crippen molar-refractivity contribution in [3.63, 3.8) is 0 Å². The summed E-state index contributed by atoms with van der Waals surface area (Å²) in [6.45, 7) is 5.95. The Kier molecular flexibility index (Phi) is 4.79. The maximum absolute atomic E-state index is 12.1. The van der Waals surface area contributed by atoms with Gasteiger partial charge < -0.3 is 10.1 Å². The van der Waals surface area contributed by atoms with Crippen LogP contribution in [0.5, 0.6) is 5.75 Å². The molecular weight excluding hydrogens is 270 g/mol. The van der Waals surface area contributed by atoms with Crippen LogP contribution in [0.2, 0.25) is 0 Å². The summed E-state index contributed by atoms with van der Waals surface area (Å²) in [6.07, 6.45) is 0.107. The van der Waals surface area contributed by atoms with Crippen molar-refractivity contribution in [1.29, 1.82) is 0 Å². The molecule has 0 radical (unpaired) electrons. The number of carbonyl (C=O) groups excluding carboxylic acids is 1. The number of para-hydroxylation sites is 1. The van der Waals surface area contributed by atoms with Crippen LogP contribution in [0.25, 0.3) is 0 Å². The summed E-state index contributed by atoms with van der Waals surface area (Å²) in [6, 6.07) is 9.53. The number of ether oxygens (including phenoxy) is 1. The molecule has 1 N–H and O–H groups in total. The average Bonchev–Trinajstić information content (AvgIpc) is 2.92. The molecule has 0 saturated heterocycles. The van der Waals surface area contributed by atoms with E-state index in [0.29, 0.717) is 5.56 Å². The first-order valence-electron chi connectivity index (χ1n) is 6.66. The molecule has 0 spiro atoms. The van der Waals surface area contributed by atoms with Gasteiger partial charge in [0.05, 0.1) is 17.7 Å². The van der Waals surface area contributed by atoms with Crippen LogP contribution < -0.4 is 10.1 Å². The monoisotopic (exact) mass is 289 g/mol. The zero-order valence-electron chi connectivity index (χ0n) is 11.9. The van der Waals surface area contributed by atoms with Crippen molar-refractivity contribution in [3.8, 4) is 5.75 Å². The first kappa shape index (κ1) is 14.6. The molecule has 4 heteroatoms. The Labute approximate surface area is 123 Å². The SMILES string of the molecule is CC(C)Oc1ccccc1[C@@H](C)NC(=O)c1ccsc1. The average molecular weight is 289 g/mol. The van der Waals surface area contributed by atoms with E-state index in [1.807, 2.05) is 61.9 Å². The summed E-state index contributed by atoms with van der Waals surface area (Å²) in [7, 11) is 0. The zero-order valence-corrected chi connectivity index (χ0v) is 12.7. The third-order valence-corrected chi connectivity index (χ3v) is 3.56. The van der Waals surface area contributed by atoms with Gasteiger partial charge in [0.15, 0.2) is 0 Å². The minimum Gasteiger partial charge on any atom is -0.491 e. The molecule has 1 atom stereocenters. The highest BCUT2D eigenvalue weighted by Crippen LogP contribution is 2.26. The first-order chi connectivity index (χ1) is 9.58. The van der Waals surface area contributed by atoms with Crippen LogP contribution >= 0.6 is 11.3 Å². The van der Waals surface area contributed by atoms with Crippen molar-refractivity contribution in [2.75, 3.05) is 0 Å². The smallest absolute Gasteiger partial charge is 0.252 e. The minimum absolute atomic E-state index is 0.0573. The Hall–Kier alpha value is -1.81. The fourth-order valence-electron chi connectivity index (χ4n) is 1.95. The van der Waals surface area contributed by atoms with Crippen LogP contribution in [0.1, 0.15) is 42.7 Å². The predicted octanol–water partition coefficient (Wildman–Crippen LogP) is 4.03. The molecular formula is C16H19NO2S. The van der Waals surface area contributed by atoms with Gasteiger partial charge >= 0.3 is 0 Å². The van der Waals surface area contributed by atoms with Gasteiger partial charge in [-0.25, -0.2) is 0 Å². The number of nitrogens with one attached hydrogen (secondary N) is 1. The number of carbonyl (C=O) groups is 1. The molecule has 0 aliphatic carbocycles. The maximum atomic E-state index is 12.1. The fraction of sp³-hybridized carbons (Fsp3) is 0.312. The molecule has 2 rings (SSSR count). The quantitative estimate of drug-likeness (QED) is 0.902. The van der Waals surface area contributed by atoms with E-state index in [1.54, 1.807) is 0 Å². The Balaban J connectivity index is 2.13. The van der Waals surface area contributed by atoms with Crippen LogP contribution in [-0.4, -0.2) is 12.0 Å². The van der Waals surface area contributed by atoms with E-state index in [0.717, 1.165) is 11.3 Å². The standard InChI is InChI=1S/C16H19NO2S/c1-11(2)19-15-7-5-4-6-14(15)12(3)17-16(18)13-8-9-20-10-13/h4-12H,1-3H3,(H,17,18)/t12-/m1/s1. The van der Waals surface area contributed by atoms with E-state index in [-0.39, 0.29) is 18.1 Å². The molecule has 20 heavy (non-hydrogen) atoms. The Morgan fingerprint density at radius 2 is 1.95 bits per heavy atom. The van der Waals surface area contributed by atoms with Gasteiger partial charge in [-0.2, -0.15) is 11.3 Å². The summed E-state index contributed by atoms with van der Waals surface area (Å²) in [5.41, 5.74) is 1.69. The topological polar surface area (TPSA) is 38.3 Å². The highest BCUT2D eigenvalue weighted by Gasteiger charge is 2.15. The third-order valence-electron chi connectivity index (χ3n) is 2.88. The molecule has 1 aromatic heterocycles. The lowest BCUT2D eigenvalue weighted by Crippen LogP contribution is -2.26. The van der Waals surface area contributed by atoms with Gasteiger partial charge in [-0.15, -0.1) is 0 Å². The molecule has 3 nitrogen and oxygen atoms in total. The fourth-order valence-corrected chi connectivity index (χ4v) is 2.59. The van der Waals surface area contributed by atoms with Crippen LogP contribution in [0.15, 0.2) is 41.1 Å². The van der Waals surface area contributed by atoms with E-state index < -0.39 is 0 Å². The summed E-state index contributed by atoms with van der Waals surface area (Å²) < 4.78 is 5.79. The molecule has 0 saturated carbocycles. The highest BCUT2D eigenvalue weighted by atomic mass is 32.1. The molecule has 1 amide bonds. The van der Waals surface area contributed by atoms with Crippen molar-refractivity contribution < 1.29 is 9.53 Å². The molecule has 0 fully saturated rings. The lowest BCUT2D eigenvalue weighted by atomic mass is 10.1. The molecule has 0 unspecified atom stereocenters. The second kappa shape index (κ2) is 6.57. The number of benzene rings is 1. The van der Waals surface area contributed by atoms with Gasteiger partial charge in [-0.3, -0.25) is 4.79 Å². The Morgan fingerprint density at radius 1 is 1.20 bits per heavy atom. The number of amides is 1. The normalized spacial score (nSPS) is 12.2. The summed E-state index contributed by atoms with van der Waals surface area (Å²) in [5, 5.41) is 6.74. The van der Waals surface area contributed by atoms with E-state index in [9.17, 15) is 4.79 Å². The molecule has 1 aromatic carbocycles. The number of hydrogen-bond acceptors (Lipinski definition) is 3. The van der Waals surface area contributed by atoms with Crippen LogP contribution in [-0.2, 0) is 0 Å². The van der Waals surface area contributed by atoms with Gasteiger partial charge in [0.2, 0.25) is 0 Å². The number of thiophene rings is 1. The van der Waals surface area contributed by atoms with Gasteiger partial charge in [0.1, 0.15) is 5.75 Å².